The summed E-state index contributed by atoms with van der Waals surface area (Å²) in [5.41, 5.74) is 7.22. The summed E-state index contributed by atoms with van der Waals surface area (Å²) in [6, 6.07) is 10.0. The molecule has 9 N–H and O–H groups in total. The van der Waals surface area contributed by atoms with Crippen LogP contribution in [0.4, 0.5) is 10.5 Å². The van der Waals surface area contributed by atoms with E-state index in [1.807, 2.05) is 33.8 Å². The number of aliphatic carboxylic acids is 1. The van der Waals surface area contributed by atoms with Crippen LogP contribution in [0.3, 0.4) is 0 Å². The number of urea groups is 1. The zero-order chi connectivity index (χ0) is 72.1. The molecule has 26 nitrogen and oxygen atoms in total. The van der Waals surface area contributed by atoms with Crippen LogP contribution in [0.2, 0.25) is 0 Å². The normalized spacial score (nSPS) is 20.8. The van der Waals surface area contributed by atoms with Gasteiger partial charge in [0.25, 0.3) is 11.8 Å². The number of aryl methyl sites for hydroxylation is 1. The Kier molecular flexibility index (Phi) is 30.2. The Morgan fingerprint density at radius 1 is 0.735 bits per heavy atom. The van der Waals surface area contributed by atoms with Gasteiger partial charge in [0.2, 0.25) is 47.3 Å². The van der Waals surface area contributed by atoms with Crippen molar-refractivity contribution in [2.45, 2.75) is 206 Å². The van der Waals surface area contributed by atoms with Crippen LogP contribution in [0.15, 0.2) is 66.7 Å². The Labute approximate surface area is 576 Å². The number of ether oxygens (including phenoxy) is 2. The molecule has 6 rings (SSSR count). The van der Waals surface area contributed by atoms with E-state index in [9.17, 15) is 62.6 Å². The maximum absolute atomic E-state index is 14.9. The van der Waals surface area contributed by atoms with Crippen molar-refractivity contribution in [1.29, 1.82) is 0 Å². The number of nitrogens with zero attached hydrogens (tertiary/aromatic N) is 4. The minimum absolute atomic E-state index is 0.00339. The summed E-state index contributed by atoms with van der Waals surface area (Å²) < 4.78 is 12.1. The highest BCUT2D eigenvalue weighted by Gasteiger charge is 2.55. The third-order valence-electron chi connectivity index (χ3n) is 20.4. The first-order valence-corrected chi connectivity index (χ1v) is 35.0. The van der Waals surface area contributed by atoms with Crippen LogP contribution < -0.4 is 37.6 Å². The number of hydrogen-bond acceptors (Lipinski definition) is 14. The number of hydrogen-bond donors (Lipinski definition) is 8. The number of likely N-dealkylation sites (tertiary alicyclic amines) is 2. The Morgan fingerprint density at radius 2 is 1.41 bits per heavy atom. The number of carboxylic acid groups (broad SMARTS) is 1. The molecule has 0 spiro atoms. The van der Waals surface area contributed by atoms with E-state index in [-0.39, 0.29) is 135 Å². The minimum Gasteiger partial charge on any atom is -0.480 e. The number of nitrogens with one attached hydrogen (secondary N) is 6. The second-order valence-electron chi connectivity index (χ2n) is 27.6. The fraction of sp³-hybridized carbons (Fsp3) is 0.639. The molecule has 3 fully saturated rings. The lowest BCUT2D eigenvalue weighted by Gasteiger charge is -2.41. The van der Waals surface area contributed by atoms with Crippen LogP contribution in [-0.4, -0.2) is 198 Å². The van der Waals surface area contributed by atoms with E-state index in [4.69, 9.17) is 15.2 Å². The van der Waals surface area contributed by atoms with Crippen molar-refractivity contribution in [2.75, 3.05) is 52.8 Å². The van der Waals surface area contributed by atoms with Crippen LogP contribution in [0, 0.1) is 41.4 Å². The fourth-order valence-electron chi connectivity index (χ4n) is 14.5. The number of piperidine rings is 1. The number of benzene rings is 2. The first-order chi connectivity index (χ1) is 46.6. The summed E-state index contributed by atoms with van der Waals surface area (Å²) >= 11 is 0. The summed E-state index contributed by atoms with van der Waals surface area (Å²) in [4.78, 5) is 167. The topological polar surface area (TPSA) is 355 Å². The predicted octanol–water partition coefficient (Wildman–Crippen LogP) is 4.86. The lowest BCUT2D eigenvalue weighted by molar-refractivity contribution is -0.149. The zero-order valence-electron chi connectivity index (χ0n) is 59.1. The minimum atomic E-state index is -1.18. The molecule has 0 aromatic heterocycles. The summed E-state index contributed by atoms with van der Waals surface area (Å²) in [7, 11) is 4.70. The molecule has 2 bridgehead atoms. The second kappa shape index (κ2) is 37.6. The number of imide groups is 1. The van der Waals surface area contributed by atoms with E-state index in [1.165, 1.54) is 26.4 Å². The fourth-order valence-corrected chi connectivity index (χ4v) is 14.5. The molecular formula is C72H107N11O15. The van der Waals surface area contributed by atoms with Gasteiger partial charge in [-0.1, -0.05) is 111 Å². The number of carbonyl (C=O) groups excluding carboxylic acids is 11. The molecule has 0 unspecified atom stereocenters. The molecule has 1 aliphatic carbocycles. The summed E-state index contributed by atoms with van der Waals surface area (Å²) in [5, 5.41) is 26.7. The van der Waals surface area contributed by atoms with Gasteiger partial charge in [0, 0.05) is 90.6 Å². The van der Waals surface area contributed by atoms with Gasteiger partial charge in [-0.2, -0.15) is 0 Å². The molecule has 1 saturated carbocycles. The molecule has 2 aromatic carbocycles. The Balaban J connectivity index is 1.04. The highest BCUT2D eigenvalue weighted by molar-refractivity contribution is 6.12. The molecule has 2 saturated heterocycles. The first kappa shape index (κ1) is 78.7. The number of amides is 12. The van der Waals surface area contributed by atoms with Gasteiger partial charge in [-0.3, -0.25) is 52.8 Å². The van der Waals surface area contributed by atoms with Gasteiger partial charge in [-0.25, -0.2) is 9.59 Å². The maximum atomic E-state index is 14.9. The van der Waals surface area contributed by atoms with E-state index < -0.39 is 90.0 Å². The smallest absolute Gasteiger partial charge is 0.326 e. The molecule has 0 radical (unpaired) electrons. The number of rotatable bonds is 39. The number of likely N-dealkylation sites (N-methyl/N-ethyl adjacent to an activating group) is 1. The average molecular weight is 1370 g/mol. The van der Waals surface area contributed by atoms with Crippen molar-refractivity contribution in [2.24, 2.45) is 47.2 Å². The largest absolute Gasteiger partial charge is 0.480 e. The van der Waals surface area contributed by atoms with Crippen molar-refractivity contribution in [1.82, 2.24) is 46.2 Å². The Morgan fingerprint density at radius 3 is 2.02 bits per heavy atom. The molecular weight excluding hydrogens is 1260 g/mol. The van der Waals surface area contributed by atoms with Gasteiger partial charge in [-0.05, 0) is 111 Å². The van der Waals surface area contributed by atoms with Crippen molar-refractivity contribution in [3.05, 3.63) is 77.9 Å². The van der Waals surface area contributed by atoms with E-state index in [0.29, 0.717) is 57.2 Å². The number of anilines is 1. The highest BCUT2D eigenvalue weighted by Crippen LogP contribution is 2.47. The van der Waals surface area contributed by atoms with E-state index in [1.54, 1.807) is 91.0 Å². The average Bonchev–Trinajstić information content (AvgIpc) is 1.59. The third kappa shape index (κ3) is 21.1. The lowest BCUT2D eigenvalue weighted by atomic mass is 9.87. The number of carbonyl (C=O) groups is 12. The van der Waals surface area contributed by atoms with Gasteiger partial charge in [0.15, 0.2) is 0 Å². The van der Waals surface area contributed by atoms with Gasteiger partial charge in [0.1, 0.15) is 24.2 Å². The highest BCUT2D eigenvalue weighted by atomic mass is 16.5. The van der Waals surface area contributed by atoms with Crippen molar-refractivity contribution in [3.8, 4) is 0 Å². The molecule has 98 heavy (non-hydrogen) atoms. The zero-order valence-corrected chi connectivity index (χ0v) is 59.1. The monoisotopic (exact) mass is 1370 g/mol. The molecule has 14 atom stereocenters. The number of methoxy groups -OCH3 is 2. The lowest BCUT2D eigenvalue weighted by Crippen LogP contribution is -2.56. The van der Waals surface area contributed by atoms with Crippen LogP contribution in [-0.2, 0) is 75.1 Å². The number of primary amides is 1. The second-order valence-corrected chi connectivity index (χ2v) is 27.6. The third-order valence-corrected chi connectivity index (χ3v) is 20.4. The summed E-state index contributed by atoms with van der Waals surface area (Å²) in [6.45, 7) is 15.9. The predicted molar refractivity (Wildman–Crippen MR) is 367 cm³/mol. The molecule has 2 aromatic rings. The Hall–Kier alpha value is -8.26. The summed E-state index contributed by atoms with van der Waals surface area (Å²) in [6.07, 6.45) is 6.77. The van der Waals surface area contributed by atoms with E-state index in [2.05, 4.69) is 38.8 Å². The van der Waals surface area contributed by atoms with Crippen LogP contribution in [0.25, 0.3) is 0 Å². The molecule has 540 valence electrons. The Bertz CT molecular complexity index is 3110. The number of carboxylic acids is 1. The number of unbranched alkanes of at least 4 members (excludes halogenated alkanes) is 2. The molecule has 4 aliphatic rings. The molecule has 3 aliphatic heterocycles. The van der Waals surface area contributed by atoms with Gasteiger partial charge in [0.05, 0.1) is 42.5 Å². The maximum Gasteiger partial charge on any atom is 0.326 e. The molecule has 3 heterocycles. The van der Waals surface area contributed by atoms with Gasteiger partial charge < -0.3 is 66.9 Å². The molecule has 12 amide bonds. The first-order valence-electron chi connectivity index (χ1n) is 35.0. The molecule has 26 heteroatoms. The van der Waals surface area contributed by atoms with E-state index in [0.717, 1.165) is 28.9 Å². The number of fused-ring (bicyclic) bond motifs is 2. The van der Waals surface area contributed by atoms with Crippen molar-refractivity contribution < 1.29 is 72.1 Å². The van der Waals surface area contributed by atoms with Crippen LogP contribution in [0.1, 0.15) is 150 Å². The van der Waals surface area contributed by atoms with Gasteiger partial charge >= 0.3 is 12.0 Å². The van der Waals surface area contributed by atoms with Crippen molar-refractivity contribution >= 4 is 76.8 Å². The summed E-state index contributed by atoms with van der Waals surface area (Å²) in [5.74, 6) is -7.15. The quantitative estimate of drug-likeness (QED) is 0.0327. The van der Waals surface area contributed by atoms with Crippen molar-refractivity contribution in [3.63, 3.8) is 0 Å². The SMILES string of the molecule is CC[C@H](C)[C@@H]([C@@H](CC(=O)N1CCC[C@H]1[C@H](OC)[C@@H](C)C(=O)N[C@@H](Cc1ccccc1)C(=O)O)OC)N(C)C(=O)[C@@H](CNC(=O)[C@@H]1[C@H]2CC[C@@H]([C@H]2C)N1C(=O)CCc1ccc(NC(=O)[C@H](CCCNC(N)=O)NC(=O)[C@@H](NC(=O)CCCCCN2C(=O)C=CC2=O)C(C)C)cc1)C(C)C. The standard InChI is InChI=1S/C72H107N11O15/c1-12-44(6)63(56(97-10)40-61(88)81-38-20-24-55(81)65(98-11)46(8)66(89)78-53(71(94)95)39-48-21-15-13-16-22-48)80(9)70(93)51(42(2)3)41-75-69(92)64-50-31-32-54(45(50)7)83(64)60(87)33-28-47-26-29-49(30-27-47)76-67(90)52(23-19-36-74-72(73)96)77-68(91)62(43(4)5)79-57(84)25-17-14-18-37-82-58(85)34-35-59(82)86/h13,15-16,21-22,26-27,29-30,34-35,42-46,50-56,62-65H,12,14,17-20,23-25,28,31-33,36-41H2,1-11H3,(H,75,92)(H,76,90)(H,77,91)(H,78,89)(H,79,84)(H,94,95)(H3,73,74,96)/t44-,45-,46+,50-,51-,52-,53-,54-,55-,56+,62-,63-,64-,65+/m0/s1. The van der Waals surface area contributed by atoms with E-state index >= 15 is 0 Å². The van der Waals surface area contributed by atoms with Gasteiger partial charge in [-0.15, -0.1) is 0 Å². The van der Waals surface area contributed by atoms with Crippen LogP contribution >= 0.6 is 0 Å². The van der Waals surface area contributed by atoms with Crippen LogP contribution in [0.5, 0.6) is 0 Å². The number of nitrogens with two attached hydrogens (primary N) is 1.